The van der Waals surface area contributed by atoms with E-state index in [0.29, 0.717) is 11.3 Å². The first-order valence-electron chi connectivity index (χ1n) is 6.61. The molecule has 0 saturated heterocycles. The van der Waals surface area contributed by atoms with Gasteiger partial charge < -0.3 is 10.6 Å². The average Bonchev–Trinajstić information content (AvgIpc) is 2.37. The number of hydrogen-bond donors (Lipinski definition) is 1. The first kappa shape index (κ1) is 14.1. The zero-order valence-electron chi connectivity index (χ0n) is 12.4. The number of aryl methyl sites for hydroxylation is 3. The van der Waals surface area contributed by atoms with Crippen molar-refractivity contribution in [1.29, 1.82) is 0 Å². The highest BCUT2D eigenvalue weighted by Crippen LogP contribution is 2.26. The molecule has 2 N–H and O–H groups in total. The molecular weight excluding hydrogens is 248 g/mol. The number of hydrogen-bond acceptors (Lipinski definition) is 2. The van der Waals surface area contributed by atoms with E-state index in [1.54, 1.807) is 29.2 Å². The molecule has 0 unspecified atom stereocenters. The maximum atomic E-state index is 12.5. The Kier molecular flexibility index (Phi) is 3.79. The number of anilines is 2. The second kappa shape index (κ2) is 5.37. The van der Waals surface area contributed by atoms with Crippen LogP contribution in [0.5, 0.6) is 0 Å². The minimum absolute atomic E-state index is 0.0277. The molecule has 0 aliphatic rings. The molecule has 3 nitrogen and oxygen atoms in total. The summed E-state index contributed by atoms with van der Waals surface area (Å²) in [6.45, 7) is 6.12. The van der Waals surface area contributed by atoms with Gasteiger partial charge in [0.25, 0.3) is 5.91 Å². The molecule has 0 saturated carbocycles. The van der Waals surface area contributed by atoms with E-state index in [4.69, 9.17) is 5.73 Å². The third-order valence-corrected chi connectivity index (χ3v) is 3.43. The van der Waals surface area contributed by atoms with Gasteiger partial charge in [-0.3, -0.25) is 4.79 Å². The van der Waals surface area contributed by atoms with Crippen LogP contribution in [-0.4, -0.2) is 13.0 Å². The van der Waals surface area contributed by atoms with Gasteiger partial charge in [-0.15, -0.1) is 0 Å². The number of nitrogens with two attached hydrogens (primary N) is 1. The largest absolute Gasteiger partial charge is 0.399 e. The van der Waals surface area contributed by atoms with E-state index < -0.39 is 0 Å². The van der Waals surface area contributed by atoms with Crippen molar-refractivity contribution in [2.24, 2.45) is 0 Å². The van der Waals surface area contributed by atoms with Crippen molar-refractivity contribution >= 4 is 17.3 Å². The van der Waals surface area contributed by atoms with Crippen molar-refractivity contribution in [3.8, 4) is 0 Å². The summed E-state index contributed by atoms with van der Waals surface area (Å²) < 4.78 is 0. The molecule has 0 spiro atoms. The first-order valence-corrected chi connectivity index (χ1v) is 6.61. The van der Waals surface area contributed by atoms with Gasteiger partial charge in [-0.05, 0) is 56.2 Å². The SMILES string of the molecule is Cc1cc(C)c(N(C)C(=O)c2ccc(N)cc2)c(C)c1. The number of nitrogens with zero attached hydrogens (tertiary/aromatic N) is 1. The van der Waals surface area contributed by atoms with Crippen LogP contribution in [0, 0.1) is 20.8 Å². The Bertz CT molecular complexity index is 622. The standard InChI is InChI=1S/C17H20N2O/c1-11-9-12(2)16(13(3)10-11)19(4)17(20)14-5-7-15(18)8-6-14/h5-10H,18H2,1-4H3. The Hall–Kier alpha value is -2.29. The minimum atomic E-state index is -0.0277. The summed E-state index contributed by atoms with van der Waals surface area (Å²) in [7, 11) is 1.81. The van der Waals surface area contributed by atoms with E-state index >= 15 is 0 Å². The van der Waals surface area contributed by atoms with Crippen LogP contribution >= 0.6 is 0 Å². The lowest BCUT2D eigenvalue weighted by atomic mass is 10.0. The number of rotatable bonds is 2. The molecular formula is C17H20N2O. The van der Waals surface area contributed by atoms with E-state index in [1.165, 1.54) is 5.56 Å². The molecule has 0 bridgehead atoms. The number of benzene rings is 2. The van der Waals surface area contributed by atoms with Crippen LogP contribution in [0.3, 0.4) is 0 Å². The normalized spacial score (nSPS) is 10.4. The number of carbonyl (C=O) groups excluding carboxylic acids is 1. The summed E-state index contributed by atoms with van der Waals surface area (Å²) in [6, 6.07) is 11.2. The summed E-state index contributed by atoms with van der Waals surface area (Å²) >= 11 is 0. The lowest BCUT2D eigenvalue weighted by molar-refractivity contribution is 0.0992. The number of nitrogen functional groups attached to an aromatic ring is 1. The number of carbonyl (C=O) groups is 1. The van der Waals surface area contributed by atoms with Crippen molar-refractivity contribution in [2.45, 2.75) is 20.8 Å². The summed E-state index contributed by atoms with van der Waals surface area (Å²) in [5, 5.41) is 0. The molecule has 2 aromatic rings. The van der Waals surface area contributed by atoms with Crippen molar-refractivity contribution in [3.05, 3.63) is 58.7 Å². The fourth-order valence-corrected chi connectivity index (χ4v) is 2.62. The zero-order valence-corrected chi connectivity index (χ0v) is 12.4. The Morgan fingerprint density at radius 2 is 1.50 bits per heavy atom. The molecule has 0 aromatic heterocycles. The first-order chi connectivity index (χ1) is 9.40. The number of amides is 1. The summed E-state index contributed by atoms with van der Waals surface area (Å²) in [4.78, 5) is 14.2. The molecule has 2 aromatic carbocycles. The highest BCUT2D eigenvalue weighted by Gasteiger charge is 2.17. The Labute approximate surface area is 120 Å². The van der Waals surface area contributed by atoms with Gasteiger partial charge in [-0.1, -0.05) is 17.7 Å². The van der Waals surface area contributed by atoms with Gasteiger partial charge in [0, 0.05) is 24.0 Å². The van der Waals surface area contributed by atoms with Crippen LogP contribution in [0.1, 0.15) is 27.0 Å². The Balaban J connectivity index is 2.38. The molecule has 0 aliphatic carbocycles. The fourth-order valence-electron chi connectivity index (χ4n) is 2.62. The van der Waals surface area contributed by atoms with Gasteiger partial charge in [-0.2, -0.15) is 0 Å². The quantitative estimate of drug-likeness (QED) is 0.848. The van der Waals surface area contributed by atoms with Crippen molar-refractivity contribution < 1.29 is 4.79 Å². The van der Waals surface area contributed by atoms with Crippen LogP contribution in [0.2, 0.25) is 0 Å². The van der Waals surface area contributed by atoms with Gasteiger partial charge in [0.1, 0.15) is 0 Å². The third kappa shape index (κ3) is 2.67. The molecule has 0 aliphatic heterocycles. The molecule has 0 radical (unpaired) electrons. The lowest BCUT2D eigenvalue weighted by Gasteiger charge is -2.22. The van der Waals surface area contributed by atoms with Crippen LogP contribution < -0.4 is 10.6 Å². The third-order valence-electron chi connectivity index (χ3n) is 3.43. The van der Waals surface area contributed by atoms with E-state index in [1.807, 2.05) is 20.9 Å². The van der Waals surface area contributed by atoms with Gasteiger partial charge in [0.05, 0.1) is 0 Å². The van der Waals surface area contributed by atoms with Gasteiger partial charge in [0.2, 0.25) is 0 Å². The van der Waals surface area contributed by atoms with Gasteiger partial charge in [-0.25, -0.2) is 0 Å². The van der Waals surface area contributed by atoms with E-state index in [0.717, 1.165) is 16.8 Å². The fraction of sp³-hybridized carbons (Fsp3) is 0.235. The Morgan fingerprint density at radius 1 is 1.00 bits per heavy atom. The van der Waals surface area contributed by atoms with Crippen LogP contribution in [0.15, 0.2) is 36.4 Å². The second-order valence-electron chi connectivity index (χ2n) is 5.23. The average molecular weight is 268 g/mol. The van der Waals surface area contributed by atoms with Crippen LogP contribution in [0.25, 0.3) is 0 Å². The predicted octanol–water partition coefficient (Wildman–Crippen LogP) is 3.47. The maximum absolute atomic E-state index is 12.5. The highest BCUT2D eigenvalue weighted by atomic mass is 16.2. The smallest absolute Gasteiger partial charge is 0.258 e. The summed E-state index contributed by atoms with van der Waals surface area (Å²) in [5.74, 6) is -0.0277. The second-order valence-corrected chi connectivity index (χ2v) is 5.23. The highest BCUT2D eigenvalue weighted by molar-refractivity contribution is 6.06. The molecule has 104 valence electrons. The van der Waals surface area contributed by atoms with Crippen molar-refractivity contribution in [3.63, 3.8) is 0 Å². The van der Waals surface area contributed by atoms with Crippen molar-refractivity contribution in [1.82, 2.24) is 0 Å². The van der Waals surface area contributed by atoms with E-state index in [-0.39, 0.29) is 5.91 Å². The summed E-state index contributed by atoms with van der Waals surface area (Å²) in [5.41, 5.74) is 11.3. The molecule has 3 heteroatoms. The molecule has 20 heavy (non-hydrogen) atoms. The molecule has 0 atom stereocenters. The Morgan fingerprint density at radius 3 is 2.00 bits per heavy atom. The van der Waals surface area contributed by atoms with Crippen molar-refractivity contribution in [2.75, 3.05) is 17.7 Å². The monoisotopic (exact) mass is 268 g/mol. The maximum Gasteiger partial charge on any atom is 0.258 e. The van der Waals surface area contributed by atoms with E-state index in [9.17, 15) is 4.79 Å². The lowest BCUT2D eigenvalue weighted by Crippen LogP contribution is -2.27. The van der Waals surface area contributed by atoms with Gasteiger partial charge >= 0.3 is 0 Å². The predicted molar refractivity (Wildman–Crippen MR) is 84.2 cm³/mol. The van der Waals surface area contributed by atoms with Crippen LogP contribution in [0.4, 0.5) is 11.4 Å². The minimum Gasteiger partial charge on any atom is -0.399 e. The molecule has 0 heterocycles. The van der Waals surface area contributed by atoms with Crippen LogP contribution in [-0.2, 0) is 0 Å². The topological polar surface area (TPSA) is 46.3 Å². The van der Waals surface area contributed by atoms with Gasteiger partial charge in [0.15, 0.2) is 0 Å². The zero-order chi connectivity index (χ0) is 14.9. The molecule has 2 rings (SSSR count). The van der Waals surface area contributed by atoms with E-state index in [2.05, 4.69) is 19.1 Å². The summed E-state index contributed by atoms with van der Waals surface area (Å²) in [6.07, 6.45) is 0. The molecule has 1 amide bonds. The molecule has 0 fully saturated rings.